The molecule has 1 saturated carbocycles. The molecule has 1 aliphatic carbocycles. The number of aldehydes is 1. The Balaban J connectivity index is 2.17. The first-order chi connectivity index (χ1) is 4.33. The zero-order chi connectivity index (χ0) is 6.74. The number of hydrogen-bond acceptors (Lipinski definition) is 1. The molecular formula is C7H11ClO. The minimum absolute atomic E-state index is 0.0783. The van der Waals surface area contributed by atoms with E-state index in [1.165, 1.54) is 0 Å². The Morgan fingerprint density at radius 1 is 1.56 bits per heavy atom. The molecule has 0 radical (unpaired) electrons. The van der Waals surface area contributed by atoms with Crippen molar-refractivity contribution >= 4 is 17.9 Å². The van der Waals surface area contributed by atoms with Crippen LogP contribution in [-0.4, -0.2) is 12.2 Å². The van der Waals surface area contributed by atoms with Crippen molar-refractivity contribution in [2.75, 3.05) is 5.88 Å². The first kappa shape index (κ1) is 7.07. The lowest BCUT2D eigenvalue weighted by atomic mass is 10.0. The summed E-state index contributed by atoms with van der Waals surface area (Å²) < 4.78 is 0. The summed E-state index contributed by atoms with van der Waals surface area (Å²) in [5, 5.41) is 0. The molecule has 0 spiro atoms. The molecule has 1 nitrogen and oxygen atoms in total. The van der Waals surface area contributed by atoms with Gasteiger partial charge < -0.3 is 4.79 Å². The number of carbonyl (C=O) groups is 1. The monoisotopic (exact) mass is 146 g/mol. The summed E-state index contributed by atoms with van der Waals surface area (Å²) in [5.74, 6) is 0.690. The highest BCUT2D eigenvalue weighted by Gasteiger charge is 2.41. The van der Waals surface area contributed by atoms with Gasteiger partial charge in [0.25, 0.3) is 0 Å². The SMILES string of the molecule is O=CC1(CCCCl)CC1. The van der Waals surface area contributed by atoms with E-state index in [0.29, 0.717) is 5.88 Å². The van der Waals surface area contributed by atoms with Crippen LogP contribution in [0.15, 0.2) is 0 Å². The summed E-state index contributed by atoms with van der Waals surface area (Å²) in [7, 11) is 0. The fourth-order valence-corrected chi connectivity index (χ4v) is 1.14. The van der Waals surface area contributed by atoms with E-state index in [2.05, 4.69) is 0 Å². The molecule has 0 bridgehead atoms. The molecule has 1 rings (SSSR count). The number of carbonyl (C=O) groups excluding carboxylic acids is 1. The van der Waals surface area contributed by atoms with E-state index in [1.807, 2.05) is 0 Å². The molecule has 9 heavy (non-hydrogen) atoms. The van der Waals surface area contributed by atoms with Crippen molar-refractivity contribution < 1.29 is 4.79 Å². The highest BCUT2D eigenvalue weighted by Crippen LogP contribution is 2.47. The third-order valence-electron chi connectivity index (χ3n) is 1.95. The second-order valence-corrected chi connectivity index (χ2v) is 3.15. The average molecular weight is 147 g/mol. The van der Waals surface area contributed by atoms with Crippen molar-refractivity contribution in [3.05, 3.63) is 0 Å². The van der Waals surface area contributed by atoms with Crippen LogP contribution in [0, 0.1) is 5.41 Å². The van der Waals surface area contributed by atoms with Crippen LogP contribution < -0.4 is 0 Å². The first-order valence-electron chi connectivity index (χ1n) is 3.35. The third kappa shape index (κ3) is 1.68. The summed E-state index contributed by atoms with van der Waals surface area (Å²) >= 11 is 5.48. The lowest BCUT2D eigenvalue weighted by Gasteiger charge is -2.01. The molecule has 1 aliphatic rings. The molecule has 0 N–H and O–H groups in total. The molecule has 2 heteroatoms. The highest BCUT2D eigenvalue weighted by molar-refractivity contribution is 6.17. The smallest absolute Gasteiger partial charge is 0.126 e. The minimum atomic E-state index is 0.0783. The molecule has 52 valence electrons. The Bertz CT molecular complexity index is 107. The molecule has 0 heterocycles. The molecule has 0 aliphatic heterocycles. The predicted molar refractivity (Wildman–Crippen MR) is 37.7 cm³/mol. The van der Waals surface area contributed by atoms with E-state index >= 15 is 0 Å². The third-order valence-corrected chi connectivity index (χ3v) is 2.22. The van der Waals surface area contributed by atoms with Gasteiger partial charge in [-0.15, -0.1) is 11.6 Å². The van der Waals surface area contributed by atoms with Gasteiger partial charge in [0.2, 0.25) is 0 Å². The van der Waals surface area contributed by atoms with E-state index in [9.17, 15) is 4.79 Å². The number of hydrogen-bond donors (Lipinski definition) is 0. The van der Waals surface area contributed by atoms with Crippen LogP contribution in [0.3, 0.4) is 0 Å². The summed E-state index contributed by atoms with van der Waals surface area (Å²) in [4.78, 5) is 10.4. The molecule has 0 atom stereocenters. The van der Waals surface area contributed by atoms with Crippen molar-refractivity contribution in [2.45, 2.75) is 25.7 Å². The van der Waals surface area contributed by atoms with Crippen LogP contribution in [0.4, 0.5) is 0 Å². The fraction of sp³-hybridized carbons (Fsp3) is 0.857. The Kier molecular flexibility index (Phi) is 2.12. The lowest BCUT2D eigenvalue weighted by molar-refractivity contribution is -0.112. The van der Waals surface area contributed by atoms with Gasteiger partial charge in [0, 0.05) is 11.3 Å². The second kappa shape index (κ2) is 2.70. The zero-order valence-corrected chi connectivity index (χ0v) is 6.16. The van der Waals surface area contributed by atoms with E-state index in [0.717, 1.165) is 32.0 Å². The van der Waals surface area contributed by atoms with Gasteiger partial charge in [-0.25, -0.2) is 0 Å². The predicted octanol–water partition coefficient (Wildman–Crippen LogP) is 1.98. The fourth-order valence-electron chi connectivity index (χ4n) is 1.01. The van der Waals surface area contributed by atoms with Crippen LogP contribution >= 0.6 is 11.6 Å². The number of alkyl halides is 1. The van der Waals surface area contributed by atoms with Crippen LogP contribution in [0.2, 0.25) is 0 Å². The first-order valence-corrected chi connectivity index (χ1v) is 3.89. The molecule has 0 aromatic rings. The average Bonchev–Trinajstić information content (AvgIpc) is 2.65. The van der Waals surface area contributed by atoms with Gasteiger partial charge in [-0.05, 0) is 25.7 Å². The normalized spacial score (nSPS) is 21.4. The molecule has 0 aromatic heterocycles. The largest absolute Gasteiger partial charge is 0.303 e. The van der Waals surface area contributed by atoms with Crippen molar-refractivity contribution in [1.29, 1.82) is 0 Å². The maximum atomic E-state index is 10.4. The highest BCUT2D eigenvalue weighted by atomic mass is 35.5. The van der Waals surface area contributed by atoms with Crippen molar-refractivity contribution in [1.82, 2.24) is 0 Å². The van der Waals surface area contributed by atoms with Crippen molar-refractivity contribution in [2.24, 2.45) is 5.41 Å². The van der Waals surface area contributed by atoms with Crippen molar-refractivity contribution in [3.63, 3.8) is 0 Å². The molecule has 0 amide bonds. The molecule has 0 unspecified atom stereocenters. The van der Waals surface area contributed by atoms with Gasteiger partial charge >= 0.3 is 0 Å². The Morgan fingerprint density at radius 2 is 2.22 bits per heavy atom. The van der Waals surface area contributed by atoms with E-state index < -0.39 is 0 Å². The summed E-state index contributed by atoms with van der Waals surface area (Å²) in [6.07, 6.45) is 5.26. The van der Waals surface area contributed by atoms with Crippen LogP contribution in [0.5, 0.6) is 0 Å². The number of halogens is 1. The van der Waals surface area contributed by atoms with Crippen LogP contribution in [-0.2, 0) is 4.79 Å². The quantitative estimate of drug-likeness (QED) is 0.438. The maximum absolute atomic E-state index is 10.4. The van der Waals surface area contributed by atoms with Gasteiger partial charge in [0.1, 0.15) is 6.29 Å². The second-order valence-electron chi connectivity index (χ2n) is 2.77. The van der Waals surface area contributed by atoms with E-state index in [1.54, 1.807) is 0 Å². The molecular weight excluding hydrogens is 136 g/mol. The summed E-state index contributed by atoms with van der Waals surface area (Å²) in [5.41, 5.74) is 0.0783. The number of rotatable bonds is 4. The topological polar surface area (TPSA) is 17.1 Å². The summed E-state index contributed by atoms with van der Waals surface area (Å²) in [6, 6.07) is 0. The molecule has 0 saturated heterocycles. The maximum Gasteiger partial charge on any atom is 0.126 e. The summed E-state index contributed by atoms with van der Waals surface area (Å²) in [6.45, 7) is 0. The van der Waals surface area contributed by atoms with Gasteiger partial charge in [-0.3, -0.25) is 0 Å². The van der Waals surface area contributed by atoms with Crippen molar-refractivity contribution in [3.8, 4) is 0 Å². The van der Waals surface area contributed by atoms with Gasteiger partial charge in [0.05, 0.1) is 0 Å². The van der Waals surface area contributed by atoms with Gasteiger partial charge in [-0.1, -0.05) is 0 Å². The molecule has 0 aromatic carbocycles. The van der Waals surface area contributed by atoms with E-state index in [4.69, 9.17) is 11.6 Å². The molecule has 1 fully saturated rings. The van der Waals surface area contributed by atoms with Gasteiger partial charge in [-0.2, -0.15) is 0 Å². The van der Waals surface area contributed by atoms with Gasteiger partial charge in [0.15, 0.2) is 0 Å². The van der Waals surface area contributed by atoms with Crippen LogP contribution in [0.1, 0.15) is 25.7 Å². The standard InChI is InChI=1S/C7H11ClO/c8-5-1-2-7(6-9)3-4-7/h6H,1-5H2. The van der Waals surface area contributed by atoms with E-state index in [-0.39, 0.29) is 5.41 Å². The minimum Gasteiger partial charge on any atom is -0.303 e. The lowest BCUT2D eigenvalue weighted by Crippen LogP contribution is -2.00. The Morgan fingerprint density at radius 3 is 2.56 bits per heavy atom. The Hall–Kier alpha value is -0.0400. The zero-order valence-electron chi connectivity index (χ0n) is 5.40. The Labute approximate surface area is 60.4 Å². The van der Waals surface area contributed by atoms with Crippen LogP contribution in [0.25, 0.3) is 0 Å².